The average molecular weight is 175 g/mol. The summed E-state index contributed by atoms with van der Waals surface area (Å²) in [5.41, 5.74) is 0.217. The van der Waals surface area contributed by atoms with E-state index in [1.54, 1.807) is 6.07 Å². The van der Waals surface area contributed by atoms with E-state index in [0.29, 0.717) is 0 Å². The van der Waals surface area contributed by atoms with E-state index in [1.807, 2.05) is 0 Å². The largest absolute Gasteiger partial charge is 0.561 e. The van der Waals surface area contributed by atoms with Crippen LogP contribution in [0, 0.1) is 6.92 Å². The Morgan fingerprint density at radius 1 is 1.17 bits per heavy atom. The summed E-state index contributed by atoms with van der Waals surface area (Å²) in [6, 6.07) is 5.71. The maximum Gasteiger partial charge on any atom is 0.561 e. The van der Waals surface area contributed by atoms with Gasteiger partial charge in [0.05, 0.1) is 0 Å². The van der Waals surface area contributed by atoms with Crippen LogP contribution in [-0.4, -0.2) is 6.36 Å². The fourth-order valence-corrected chi connectivity index (χ4v) is 0.728. The Hall–Kier alpha value is -1.32. The van der Waals surface area contributed by atoms with Gasteiger partial charge in [-0.05, 0) is 0 Å². The molecule has 1 aromatic carbocycles. The van der Waals surface area contributed by atoms with Gasteiger partial charge in [-0.15, -0.1) is 19.2 Å². The maximum atomic E-state index is 11.7. The highest BCUT2D eigenvalue weighted by Crippen LogP contribution is 2.24. The van der Waals surface area contributed by atoms with Crippen LogP contribution in [0.1, 0.15) is 5.56 Å². The lowest BCUT2D eigenvalue weighted by molar-refractivity contribution is -0.274. The molecule has 1 aromatic rings. The van der Waals surface area contributed by atoms with E-state index in [2.05, 4.69) is 11.7 Å². The third-order valence-corrected chi connectivity index (χ3v) is 1.20. The summed E-state index contributed by atoms with van der Waals surface area (Å²) in [5, 5.41) is 0. The smallest absolute Gasteiger partial charge is 0.469 e. The predicted octanol–water partition coefficient (Wildman–Crippen LogP) is 2.77. The standard InChI is InChI=1S/C8H6F3O/c1-6-4-2-3-5-7(6)12-8(9,10)11/h2-5H,1H2/q-1. The van der Waals surface area contributed by atoms with Crippen molar-refractivity contribution in [2.45, 2.75) is 6.36 Å². The molecule has 0 aromatic heterocycles. The predicted molar refractivity (Wildman–Crippen MR) is 37.6 cm³/mol. The number of hydrogen-bond donors (Lipinski definition) is 0. The second kappa shape index (κ2) is 2.97. The van der Waals surface area contributed by atoms with Gasteiger partial charge in [0.1, 0.15) is 0 Å². The lowest BCUT2D eigenvalue weighted by Crippen LogP contribution is -2.17. The second-order valence-corrected chi connectivity index (χ2v) is 2.16. The molecule has 0 amide bonds. The summed E-state index contributed by atoms with van der Waals surface area (Å²) < 4.78 is 38.7. The Labute approximate surface area is 67.8 Å². The first-order valence-corrected chi connectivity index (χ1v) is 3.16. The van der Waals surface area contributed by atoms with Gasteiger partial charge in [0.25, 0.3) is 0 Å². The van der Waals surface area contributed by atoms with Gasteiger partial charge in [-0.1, -0.05) is 12.1 Å². The molecule has 0 unspecified atom stereocenters. The van der Waals surface area contributed by atoms with Gasteiger partial charge in [0.15, 0.2) is 0 Å². The zero-order valence-electron chi connectivity index (χ0n) is 6.06. The van der Waals surface area contributed by atoms with Crippen LogP contribution in [0.25, 0.3) is 0 Å². The zero-order valence-corrected chi connectivity index (χ0v) is 6.06. The minimum absolute atomic E-state index is 0.217. The minimum Gasteiger partial charge on any atom is -0.469 e. The van der Waals surface area contributed by atoms with Gasteiger partial charge in [0.2, 0.25) is 0 Å². The monoisotopic (exact) mass is 175 g/mol. The van der Waals surface area contributed by atoms with Crippen molar-refractivity contribution >= 4 is 0 Å². The van der Waals surface area contributed by atoms with Crippen molar-refractivity contribution in [3.8, 4) is 5.75 Å². The summed E-state index contributed by atoms with van der Waals surface area (Å²) in [5.74, 6) is -0.259. The van der Waals surface area contributed by atoms with Crippen molar-refractivity contribution in [1.29, 1.82) is 0 Å². The SMILES string of the molecule is [CH2-]c1ccccc1OC(F)(F)F. The van der Waals surface area contributed by atoms with Gasteiger partial charge < -0.3 is 4.74 Å². The molecule has 12 heavy (non-hydrogen) atoms. The topological polar surface area (TPSA) is 9.23 Å². The number of benzene rings is 1. The average Bonchev–Trinajstić information content (AvgIpc) is 1.91. The van der Waals surface area contributed by atoms with Crippen LogP contribution in [-0.2, 0) is 0 Å². The van der Waals surface area contributed by atoms with Gasteiger partial charge in [-0.3, -0.25) is 0 Å². The first-order chi connectivity index (χ1) is 5.49. The lowest BCUT2D eigenvalue weighted by atomic mass is 10.2. The molecule has 0 saturated carbocycles. The van der Waals surface area contributed by atoms with E-state index in [4.69, 9.17) is 0 Å². The van der Waals surface area contributed by atoms with Crippen LogP contribution in [0.3, 0.4) is 0 Å². The van der Waals surface area contributed by atoms with Crippen LogP contribution >= 0.6 is 0 Å². The second-order valence-electron chi connectivity index (χ2n) is 2.16. The Morgan fingerprint density at radius 2 is 1.75 bits per heavy atom. The van der Waals surface area contributed by atoms with Gasteiger partial charge in [-0.2, -0.15) is 18.6 Å². The van der Waals surface area contributed by atoms with E-state index in [1.165, 1.54) is 18.2 Å². The van der Waals surface area contributed by atoms with Crippen LogP contribution in [0.4, 0.5) is 13.2 Å². The maximum absolute atomic E-state index is 11.7. The highest BCUT2D eigenvalue weighted by atomic mass is 19.4. The summed E-state index contributed by atoms with van der Waals surface area (Å²) in [6.07, 6.45) is -4.65. The first kappa shape index (κ1) is 8.77. The number of halogens is 3. The highest BCUT2D eigenvalue weighted by molar-refractivity contribution is 5.35. The third kappa shape index (κ3) is 2.38. The van der Waals surface area contributed by atoms with Crippen molar-refractivity contribution < 1.29 is 17.9 Å². The summed E-state index contributed by atoms with van der Waals surface area (Å²) in [6.45, 7) is 3.38. The lowest BCUT2D eigenvalue weighted by Gasteiger charge is -2.16. The molecular formula is C8H6F3O-. The van der Waals surface area contributed by atoms with E-state index in [9.17, 15) is 13.2 Å². The van der Waals surface area contributed by atoms with Crippen molar-refractivity contribution in [3.63, 3.8) is 0 Å². The highest BCUT2D eigenvalue weighted by Gasteiger charge is 2.28. The van der Waals surface area contributed by atoms with Crippen LogP contribution < -0.4 is 4.74 Å². The van der Waals surface area contributed by atoms with E-state index in [-0.39, 0.29) is 11.3 Å². The van der Waals surface area contributed by atoms with Crippen LogP contribution in [0.5, 0.6) is 5.75 Å². The molecule has 0 aliphatic heterocycles. The molecule has 0 N–H and O–H groups in total. The summed E-state index contributed by atoms with van der Waals surface area (Å²) >= 11 is 0. The molecule has 0 bridgehead atoms. The Balaban J connectivity index is 2.83. The molecule has 0 atom stereocenters. The molecule has 1 rings (SSSR count). The minimum atomic E-state index is -4.65. The molecule has 0 heterocycles. The normalized spacial score (nSPS) is 11.2. The number of ether oxygens (including phenoxy) is 1. The molecule has 0 fully saturated rings. The fourth-order valence-electron chi connectivity index (χ4n) is 0.728. The Kier molecular flexibility index (Phi) is 2.17. The summed E-state index contributed by atoms with van der Waals surface area (Å²) in [7, 11) is 0. The van der Waals surface area contributed by atoms with E-state index in [0.717, 1.165) is 0 Å². The van der Waals surface area contributed by atoms with Crippen molar-refractivity contribution in [3.05, 3.63) is 36.8 Å². The Bertz CT molecular complexity index is 267. The molecule has 0 aliphatic rings. The molecular weight excluding hydrogens is 169 g/mol. The molecule has 4 heteroatoms. The fraction of sp³-hybridized carbons (Fsp3) is 0.125. The molecule has 0 radical (unpaired) electrons. The summed E-state index contributed by atoms with van der Waals surface area (Å²) in [4.78, 5) is 0. The van der Waals surface area contributed by atoms with Gasteiger partial charge >= 0.3 is 6.36 Å². The molecule has 0 saturated heterocycles. The number of para-hydroxylation sites is 1. The molecule has 1 nitrogen and oxygen atoms in total. The van der Waals surface area contributed by atoms with Crippen molar-refractivity contribution in [2.75, 3.05) is 0 Å². The van der Waals surface area contributed by atoms with Crippen LogP contribution in [0.2, 0.25) is 0 Å². The van der Waals surface area contributed by atoms with E-state index >= 15 is 0 Å². The van der Waals surface area contributed by atoms with E-state index < -0.39 is 6.36 Å². The first-order valence-electron chi connectivity index (χ1n) is 3.16. The molecule has 66 valence electrons. The molecule has 0 spiro atoms. The van der Waals surface area contributed by atoms with Gasteiger partial charge in [0, 0.05) is 5.75 Å². The van der Waals surface area contributed by atoms with Crippen molar-refractivity contribution in [1.82, 2.24) is 0 Å². The quantitative estimate of drug-likeness (QED) is 0.596. The van der Waals surface area contributed by atoms with Crippen molar-refractivity contribution in [2.24, 2.45) is 0 Å². The van der Waals surface area contributed by atoms with Gasteiger partial charge in [-0.25, -0.2) is 0 Å². The number of rotatable bonds is 1. The number of alkyl halides is 3. The zero-order chi connectivity index (χ0) is 9.19. The van der Waals surface area contributed by atoms with Crippen LogP contribution in [0.15, 0.2) is 24.3 Å². The Morgan fingerprint density at radius 3 is 2.25 bits per heavy atom. The molecule has 0 aliphatic carbocycles. The third-order valence-electron chi connectivity index (χ3n) is 1.20. The number of hydrogen-bond acceptors (Lipinski definition) is 1.